The summed E-state index contributed by atoms with van der Waals surface area (Å²) < 4.78 is 18.9. The van der Waals surface area contributed by atoms with Gasteiger partial charge < -0.3 is 10.5 Å². The van der Waals surface area contributed by atoms with Gasteiger partial charge in [-0.1, -0.05) is 24.3 Å². The molecule has 0 saturated heterocycles. The Morgan fingerprint density at radius 2 is 2.04 bits per heavy atom. The van der Waals surface area contributed by atoms with Crippen LogP contribution in [-0.4, -0.2) is 24.0 Å². The molecule has 4 nitrogen and oxygen atoms in total. The van der Waals surface area contributed by atoms with Crippen LogP contribution in [0.5, 0.6) is 5.75 Å². The molecule has 120 valence electrons. The lowest BCUT2D eigenvalue weighted by Crippen LogP contribution is -2.48. The molecule has 1 atom stereocenters. The van der Waals surface area contributed by atoms with Crippen LogP contribution in [0.15, 0.2) is 42.5 Å². The molecule has 0 radical (unpaired) electrons. The molecule has 2 aromatic rings. The van der Waals surface area contributed by atoms with E-state index in [1.54, 1.807) is 13.2 Å². The highest BCUT2D eigenvalue weighted by atomic mass is 19.1. The van der Waals surface area contributed by atoms with Gasteiger partial charge >= 0.3 is 0 Å². The fraction of sp³-hybridized carbons (Fsp3) is 0.278. The predicted molar refractivity (Wildman–Crippen MR) is 85.3 cm³/mol. The van der Waals surface area contributed by atoms with Gasteiger partial charge in [-0.05, 0) is 35.7 Å². The van der Waals surface area contributed by atoms with Crippen molar-refractivity contribution in [3.8, 4) is 5.75 Å². The SMILES string of the molecule is COc1ccc(F)cc1CN1Cc2ccccc2C[C@H]1C(N)=O. The maximum atomic E-state index is 13.6. The quantitative estimate of drug-likeness (QED) is 0.942. The first-order chi connectivity index (χ1) is 11.1. The van der Waals surface area contributed by atoms with Crippen molar-refractivity contribution in [3.63, 3.8) is 0 Å². The number of nitrogens with zero attached hydrogens (tertiary/aromatic N) is 1. The number of halogens is 1. The Kier molecular flexibility index (Phi) is 4.30. The highest BCUT2D eigenvalue weighted by molar-refractivity contribution is 5.80. The summed E-state index contributed by atoms with van der Waals surface area (Å²) in [5.74, 6) is -0.0859. The molecular formula is C18H19FN2O2. The molecule has 1 heterocycles. The molecular weight excluding hydrogens is 295 g/mol. The molecule has 0 aromatic heterocycles. The van der Waals surface area contributed by atoms with Gasteiger partial charge in [0, 0.05) is 18.7 Å². The maximum absolute atomic E-state index is 13.6. The average Bonchev–Trinajstić information content (AvgIpc) is 2.54. The maximum Gasteiger partial charge on any atom is 0.235 e. The molecule has 2 N–H and O–H groups in total. The van der Waals surface area contributed by atoms with Crippen LogP contribution in [0.4, 0.5) is 4.39 Å². The molecule has 0 spiro atoms. The largest absolute Gasteiger partial charge is 0.496 e. The monoisotopic (exact) mass is 314 g/mol. The molecule has 2 aromatic carbocycles. The first kappa shape index (κ1) is 15.5. The summed E-state index contributed by atoms with van der Waals surface area (Å²) in [6.07, 6.45) is 0.573. The number of fused-ring (bicyclic) bond motifs is 1. The molecule has 1 aliphatic rings. The van der Waals surface area contributed by atoms with E-state index in [4.69, 9.17) is 10.5 Å². The molecule has 0 saturated carbocycles. The molecule has 0 fully saturated rings. The van der Waals surface area contributed by atoms with Crippen LogP contribution >= 0.6 is 0 Å². The van der Waals surface area contributed by atoms with Crippen LogP contribution in [0.25, 0.3) is 0 Å². The summed E-state index contributed by atoms with van der Waals surface area (Å²) in [5, 5.41) is 0. The second-order valence-corrected chi connectivity index (χ2v) is 5.75. The van der Waals surface area contributed by atoms with E-state index >= 15 is 0 Å². The molecule has 0 aliphatic carbocycles. The topological polar surface area (TPSA) is 55.6 Å². The number of nitrogens with two attached hydrogens (primary N) is 1. The van der Waals surface area contributed by atoms with Crippen molar-refractivity contribution in [1.82, 2.24) is 4.90 Å². The van der Waals surface area contributed by atoms with Crippen molar-refractivity contribution >= 4 is 5.91 Å². The van der Waals surface area contributed by atoms with Crippen molar-refractivity contribution in [2.45, 2.75) is 25.6 Å². The summed E-state index contributed by atoms with van der Waals surface area (Å²) in [5.41, 5.74) is 8.59. The summed E-state index contributed by atoms with van der Waals surface area (Å²) in [4.78, 5) is 13.8. The molecule has 0 bridgehead atoms. The zero-order chi connectivity index (χ0) is 16.4. The third-order valence-electron chi connectivity index (χ3n) is 4.29. The Hall–Kier alpha value is -2.40. The predicted octanol–water partition coefficient (Wildman–Crippen LogP) is 2.25. The smallest absolute Gasteiger partial charge is 0.235 e. The second kappa shape index (κ2) is 6.38. The third-order valence-corrected chi connectivity index (χ3v) is 4.29. The minimum Gasteiger partial charge on any atom is -0.496 e. The van der Waals surface area contributed by atoms with E-state index in [1.165, 1.54) is 17.7 Å². The van der Waals surface area contributed by atoms with E-state index in [-0.39, 0.29) is 11.7 Å². The van der Waals surface area contributed by atoms with E-state index < -0.39 is 6.04 Å². The van der Waals surface area contributed by atoms with Crippen LogP contribution in [0, 0.1) is 5.82 Å². The number of amides is 1. The lowest BCUT2D eigenvalue weighted by molar-refractivity contribution is -0.124. The van der Waals surface area contributed by atoms with Gasteiger partial charge in [-0.3, -0.25) is 9.69 Å². The Balaban J connectivity index is 1.92. The molecule has 3 rings (SSSR count). The fourth-order valence-electron chi connectivity index (χ4n) is 3.11. The van der Waals surface area contributed by atoms with Crippen molar-refractivity contribution in [2.24, 2.45) is 5.73 Å². The number of methoxy groups -OCH3 is 1. The van der Waals surface area contributed by atoms with Crippen LogP contribution in [0.2, 0.25) is 0 Å². The average molecular weight is 314 g/mol. The number of ether oxygens (including phenoxy) is 1. The highest BCUT2D eigenvalue weighted by Crippen LogP contribution is 2.28. The molecule has 23 heavy (non-hydrogen) atoms. The molecule has 0 unspecified atom stereocenters. The summed E-state index contributed by atoms with van der Waals surface area (Å²) >= 11 is 0. The number of carbonyl (C=O) groups excluding carboxylic acids is 1. The van der Waals surface area contributed by atoms with Crippen LogP contribution in [-0.2, 0) is 24.3 Å². The fourth-order valence-corrected chi connectivity index (χ4v) is 3.11. The summed E-state index contributed by atoms with van der Waals surface area (Å²) in [6.45, 7) is 1.01. The Morgan fingerprint density at radius 3 is 2.74 bits per heavy atom. The third kappa shape index (κ3) is 3.19. The van der Waals surface area contributed by atoms with E-state index in [2.05, 4.69) is 0 Å². The van der Waals surface area contributed by atoms with Gasteiger partial charge in [0.25, 0.3) is 0 Å². The van der Waals surface area contributed by atoms with E-state index in [1.807, 2.05) is 29.2 Å². The Morgan fingerprint density at radius 1 is 1.30 bits per heavy atom. The van der Waals surface area contributed by atoms with E-state index in [9.17, 15) is 9.18 Å². The van der Waals surface area contributed by atoms with Crippen molar-refractivity contribution < 1.29 is 13.9 Å². The number of rotatable bonds is 4. The Labute approximate surface area is 134 Å². The molecule has 1 aliphatic heterocycles. The van der Waals surface area contributed by atoms with Gasteiger partial charge in [0.1, 0.15) is 11.6 Å². The zero-order valence-electron chi connectivity index (χ0n) is 13.0. The first-order valence-electron chi connectivity index (χ1n) is 7.51. The lowest BCUT2D eigenvalue weighted by atomic mass is 9.93. The van der Waals surface area contributed by atoms with Gasteiger partial charge in [0.2, 0.25) is 5.91 Å². The summed E-state index contributed by atoms with van der Waals surface area (Å²) in [7, 11) is 1.55. The number of hydrogen-bond donors (Lipinski definition) is 1. The highest BCUT2D eigenvalue weighted by Gasteiger charge is 2.30. The van der Waals surface area contributed by atoms with Crippen LogP contribution in [0.1, 0.15) is 16.7 Å². The van der Waals surface area contributed by atoms with Gasteiger partial charge in [-0.15, -0.1) is 0 Å². The lowest BCUT2D eigenvalue weighted by Gasteiger charge is -2.35. The van der Waals surface area contributed by atoms with Crippen molar-refractivity contribution in [2.75, 3.05) is 7.11 Å². The zero-order valence-corrected chi connectivity index (χ0v) is 13.0. The normalized spacial score (nSPS) is 17.6. The van der Waals surface area contributed by atoms with Gasteiger partial charge in [0.05, 0.1) is 13.2 Å². The van der Waals surface area contributed by atoms with E-state index in [0.29, 0.717) is 30.8 Å². The molecule has 1 amide bonds. The van der Waals surface area contributed by atoms with Crippen molar-refractivity contribution in [1.29, 1.82) is 0 Å². The summed E-state index contributed by atoms with van der Waals surface area (Å²) in [6, 6.07) is 12.0. The van der Waals surface area contributed by atoms with E-state index in [0.717, 1.165) is 5.56 Å². The first-order valence-corrected chi connectivity index (χ1v) is 7.51. The number of benzene rings is 2. The minimum absolute atomic E-state index is 0.325. The van der Waals surface area contributed by atoms with Gasteiger partial charge in [0.15, 0.2) is 0 Å². The number of hydrogen-bond acceptors (Lipinski definition) is 3. The second-order valence-electron chi connectivity index (χ2n) is 5.75. The van der Waals surface area contributed by atoms with Gasteiger partial charge in [-0.25, -0.2) is 4.39 Å². The Bertz CT molecular complexity index is 733. The number of carbonyl (C=O) groups is 1. The standard InChI is InChI=1S/C18H19FN2O2/c1-23-17-7-6-15(19)8-14(17)11-21-10-13-5-3-2-4-12(13)9-16(21)18(20)22/h2-8,16H,9-11H2,1H3,(H2,20,22)/t16-/m0/s1. The van der Waals surface area contributed by atoms with Crippen molar-refractivity contribution in [3.05, 3.63) is 65.0 Å². The molecule has 5 heteroatoms. The van der Waals surface area contributed by atoms with Gasteiger partial charge in [-0.2, -0.15) is 0 Å². The number of primary amides is 1. The van der Waals surface area contributed by atoms with Crippen LogP contribution < -0.4 is 10.5 Å². The van der Waals surface area contributed by atoms with Crippen LogP contribution in [0.3, 0.4) is 0 Å². The minimum atomic E-state index is -0.405.